The van der Waals surface area contributed by atoms with Crippen molar-refractivity contribution in [2.75, 3.05) is 0 Å². The van der Waals surface area contributed by atoms with Crippen LogP contribution >= 0.6 is 0 Å². The van der Waals surface area contributed by atoms with Gasteiger partial charge in [-0.05, 0) is 29.6 Å². The van der Waals surface area contributed by atoms with Crippen molar-refractivity contribution >= 4 is 21.8 Å². The third-order valence-electron chi connectivity index (χ3n) is 7.80. The average molecular weight is 998 g/mol. The van der Waals surface area contributed by atoms with Gasteiger partial charge in [-0.3, -0.25) is 0 Å². The van der Waals surface area contributed by atoms with Gasteiger partial charge in [-0.1, -0.05) is 72.4 Å². The molecule has 0 atom stereocenters. The second-order valence-electron chi connectivity index (χ2n) is 11.0. The third-order valence-corrected chi connectivity index (χ3v) is 7.80. The van der Waals surface area contributed by atoms with Crippen LogP contribution in [0, 0.1) is 38.1 Å². The summed E-state index contributed by atoms with van der Waals surface area (Å²) in [6, 6.07) is 42.9. The Balaban J connectivity index is 0.00000208. The fourth-order valence-corrected chi connectivity index (χ4v) is 5.42. The van der Waals surface area contributed by atoms with Gasteiger partial charge in [0.25, 0.3) is 0 Å². The number of hydrogen-bond acceptors (Lipinski definition) is 6. The fourth-order valence-electron chi connectivity index (χ4n) is 5.42. The molecule has 0 radical (unpaired) electrons. The third kappa shape index (κ3) is 6.83. The maximum Gasteiger partial charge on any atom is 2.00 e. The van der Waals surface area contributed by atoms with E-state index < -0.39 is 0 Å². The number of fused-ring (bicyclic) bond motifs is 3. The van der Waals surface area contributed by atoms with Gasteiger partial charge in [0.05, 0.1) is 0 Å². The fraction of sp³-hybridized carbons (Fsp3) is 0.0500. The monoisotopic (exact) mass is 997 g/mol. The Morgan fingerprint density at radius 3 is 1.41 bits per heavy atom. The molecule has 4 aromatic carbocycles. The van der Waals surface area contributed by atoms with Gasteiger partial charge < -0.3 is 24.0 Å². The minimum Gasteiger partial charge on any atom is -0.503 e. The molecule has 0 aliphatic heterocycles. The molecule has 0 N–H and O–H groups in total. The second kappa shape index (κ2) is 14.7. The zero-order chi connectivity index (χ0) is 31.7. The number of nitrogens with zero attached hydrogens (tertiary/aromatic N) is 5. The van der Waals surface area contributed by atoms with Gasteiger partial charge >= 0.3 is 42.1 Å². The number of rotatable bonds is 7. The molecule has 0 unspecified atom stereocenters. The first kappa shape index (κ1) is 33.9. The minimum absolute atomic E-state index is 0. The van der Waals surface area contributed by atoms with Crippen LogP contribution in [0.3, 0.4) is 0 Å². The van der Waals surface area contributed by atoms with Gasteiger partial charge in [0, 0.05) is 47.8 Å². The maximum absolute atomic E-state index is 6.39. The van der Waals surface area contributed by atoms with Crippen LogP contribution in [-0.2, 0) is 42.1 Å². The van der Waals surface area contributed by atoms with E-state index >= 15 is 0 Å². The molecule has 8 rings (SSSR count). The van der Waals surface area contributed by atoms with Crippen LogP contribution < -0.4 is 9.47 Å². The maximum atomic E-state index is 6.39. The summed E-state index contributed by atoms with van der Waals surface area (Å²) in [5.41, 5.74) is 6.72. The largest absolute Gasteiger partial charge is 2.00 e. The van der Waals surface area contributed by atoms with Crippen LogP contribution in [0.4, 0.5) is 0 Å². The standard InChI is InChI=1S/C40H25N5O2.2Pt/c1-26-10-12-28(34-8-3-5-18-41-34)22-38(26)46-30-14-16-32-33-17-15-31(25-37(33)45(36(32)24-30)40-43-20-7-21-44-40)47-39-23-29(13-11-27(39)2)35-9-4-6-19-42-35;;/h3-21H,1-2H3;;/q-4;2*+2. The van der Waals surface area contributed by atoms with E-state index in [0.717, 1.165) is 55.4 Å². The molecule has 7 nitrogen and oxygen atoms in total. The van der Waals surface area contributed by atoms with E-state index in [1.54, 1.807) is 30.9 Å². The van der Waals surface area contributed by atoms with Gasteiger partial charge in [0.1, 0.15) is 0 Å². The van der Waals surface area contributed by atoms with Crippen LogP contribution in [-0.4, -0.2) is 24.5 Å². The topological polar surface area (TPSA) is 75.0 Å². The SMILES string of the molecule is Cc1ccc(-c2ccccn2)[c-]c1Oc1[c-]c2c(cc1)c1ccc(Oc3[c-]c(-c4ccccn4)ccc3C)[c-]c1n2-c1ncccn1.[Pt+2].[Pt+2]. The van der Waals surface area contributed by atoms with E-state index in [1.165, 1.54) is 0 Å². The molecule has 0 aliphatic carbocycles. The summed E-state index contributed by atoms with van der Waals surface area (Å²) in [6.07, 6.45) is 6.96. The van der Waals surface area contributed by atoms with Crippen molar-refractivity contribution in [3.05, 3.63) is 151 Å². The summed E-state index contributed by atoms with van der Waals surface area (Å²) in [5.74, 6) is 2.74. The van der Waals surface area contributed by atoms with Crippen molar-refractivity contribution in [3.8, 4) is 51.5 Å². The Kier molecular flexibility index (Phi) is 10.1. The molecule has 4 heterocycles. The van der Waals surface area contributed by atoms with E-state index in [4.69, 9.17) is 9.47 Å². The van der Waals surface area contributed by atoms with Crippen molar-refractivity contribution in [2.24, 2.45) is 0 Å². The van der Waals surface area contributed by atoms with Crippen LogP contribution in [0.2, 0.25) is 0 Å². The molecule has 0 saturated carbocycles. The Bertz CT molecular complexity index is 2240. The average Bonchev–Trinajstić information content (AvgIpc) is 3.44. The summed E-state index contributed by atoms with van der Waals surface area (Å²) < 4.78 is 14.7. The molecule has 4 aromatic heterocycles. The second-order valence-corrected chi connectivity index (χ2v) is 11.0. The Labute approximate surface area is 312 Å². The van der Waals surface area contributed by atoms with Gasteiger partial charge in [0.15, 0.2) is 0 Å². The number of hydrogen-bond donors (Lipinski definition) is 0. The zero-order valence-electron chi connectivity index (χ0n) is 26.2. The van der Waals surface area contributed by atoms with E-state index in [2.05, 4.69) is 44.2 Å². The van der Waals surface area contributed by atoms with Gasteiger partial charge in [-0.25, -0.2) is 9.97 Å². The van der Waals surface area contributed by atoms with Crippen molar-refractivity contribution < 1.29 is 51.6 Å². The molecule has 0 spiro atoms. The van der Waals surface area contributed by atoms with Crippen molar-refractivity contribution in [1.29, 1.82) is 0 Å². The molecule has 8 aromatic rings. The number of aryl methyl sites for hydroxylation is 2. The number of pyridine rings is 2. The number of benzene rings is 4. The van der Waals surface area contributed by atoms with Gasteiger partial charge in [-0.15, -0.1) is 59.7 Å². The summed E-state index contributed by atoms with van der Waals surface area (Å²) in [5, 5.41) is 1.90. The predicted molar refractivity (Wildman–Crippen MR) is 181 cm³/mol. The normalized spacial score (nSPS) is 10.7. The first-order valence-electron chi connectivity index (χ1n) is 15.1. The molecule has 9 heteroatoms. The molecule has 242 valence electrons. The van der Waals surface area contributed by atoms with Crippen molar-refractivity contribution in [1.82, 2.24) is 24.5 Å². The number of ether oxygens (including phenoxy) is 2. The van der Waals surface area contributed by atoms with Crippen LogP contribution in [0.1, 0.15) is 11.1 Å². The molecule has 0 fully saturated rings. The van der Waals surface area contributed by atoms with Crippen LogP contribution in [0.5, 0.6) is 23.0 Å². The summed E-state index contributed by atoms with van der Waals surface area (Å²) in [7, 11) is 0. The summed E-state index contributed by atoms with van der Waals surface area (Å²) >= 11 is 0. The van der Waals surface area contributed by atoms with E-state index in [-0.39, 0.29) is 42.1 Å². The molecule has 0 saturated heterocycles. The number of aromatic nitrogens is 5. The van der Waals surface area contributed by atoms with E-state index in [9.17, 15) is 0 Å². The molecular weight excluding hydrogens is 973 g/mol. The Hall–Kier alpha value is -4.96. The van der Waals surface area contributed by atoms with E-state index in [0.29, 0.717) is 28.9 Å². The molecular formula is C40H25N5O2Pt2. The van der Waals surface area contributed by atoms with Crippen molar-refractivity contribution in [2.45, 2.75) is 13.8 Å². The quantitative estimate of drug-likeness (QED) is 0.149. The van der Waals surface area contributed by atoms with Crippen LogP contribution in [0.15, 0.2) is 116 Å². The van der Waals surface area contributed by atoms with Crippen LogP contribution in [0.25, 0.3) is 50.3 Å². The Morgan fingerprint density at radius 2 is 0.959 bits per heavy atom. The first-order valence-corrected chi connectivity index (χ1v) is 15.1. The van der Waals surface area contributed by atoms with Crippen molar-refractivity contribution in [3.63, 3.8) is 0 Å². The summed E-state index contributed by atoms with van der Waals surface area (Å²) in [4.78, 5) is 18.1. The molecule has 49 heavy (non-hydrogen) atoms. The van der Waals surface area contributed by atoms with E-state index in [1.807, 2.05) is 103 Å². The smallest absolute Gasteiger partial charge is 0.503 e. The zero-order valence-corrected chi connectivity index (χ0v) is 30.7. The van der Waals surface area contributed by atoms with Gasteiger partial charge in [0.2, 0.25) is 5.95 Å². The molecule has 0 bridgehead atoms. The molecule has 0 aliphatic rings. The minimum atomic E-state index is 0. The Morgan fingerprint density at radius 1 is 0.490 bits per heavy atom. The predicted octanol–water partition coefficient (Wildman–Crippen LogP) is 9.09. The first-order chi connectivity index (χ1) is 23.1. The molecule has 0 amide bonds. The van der Waals surface area contributed by atoms with Gasteiger partial charge in [-0.2, -0.15) is 22.9 Å². The summed E-state index contributed by atoms with van der Waals surface area (Å²) in [6.45, 7) is 3.98.